The van der Waals surface area contributed by atoms with Crippen molar-refractivity contribution in [1.29, 1.82) is 0 Å². The van der Waals surface area contributed by atoms with Gasteiger partial charge in [-0.25, -0.2) is 0 Å². The molecule has 0 bridgehead atoms. The fraction of sp³-hybridized carbons (Fsp3) is 0.278. The van der Waals surface area contributed by atoms with Crippen molar-refractivity contribution in [3.05, 3.63) is 53.9 Å². The van der Waals surface area contributed by atoms with Crippen LogP contribution in [-0.4, -0.2) is 50.6 Å². The van der Waals surface area contributed by atoms with Crippen molar-refractivity contribution in [3.8, 4) is 0 Å². The second-order valence-corrected chi connectivity index (χ2v) is 7.07. The molecule has 0 saturated carbocycles. The maximum Gasteiger partial charge on any atom is 0.318 e. The fourth-order valence-electron chi connectivity index (χ4n) is 2.41. The van der Waals surface area contributed by atoms with E-state index >= 15 is 0 Å². The molecule has 0 radical (unpaired) electrons. The van der Waals surface area contributed by atoms with Crippen LogP contribution in [0.15, 0.2) is 47.5 Å². The Hall–Kier alpha value is -2.94. The summed E-state index contributed by atoms with van der Waals surface area (Å²) in [5.41, 5.74) is 1.21. The number of ether oxygens (including phenoxy) is 1. The van der Waals surface area contributed by atoms with Gasteiger partial charge in [0.2, 0.25) is 0 Å². The molecule has 9 heteroatoms. The van der Waals surface area contributed by atoms with Crippen molar-refractivity contribution < 1.29 is 14.3 Å². The summed E-state index contributed by atoms with van der Waals surface area (Å²) in [5.74, 6) is 0.182. The number of hydrogen-bond donors (Lipinski definition) is 1. The van der Waals surface area contributed by atoms with Crippen LogP contribution in [0.1, 0.15) is 23.1 Å². The summed E-state index contributed by atoms with van der Waals surface area (Å²) in [6, 6.07) is 12.6. The first-order valence-corrected chi connectivity index (χ1v) is 9.25. The minimum absolute atomic E-state index is 0.138. The second kappa shape index (κ2) is 8.63. The molecule has 1 N–H and O–H groups in total. The predicted octanol–water partition coefficient (Wildman–Crippen LogP) is 1.75. The third-order valence-corrected chi connectivity index (χ3v) is 4.81. The number of thioether (sulfide) groups is 1. The van der Waals surface area contributed by atoms with Crippen molar-refractivity contribution in [2.75, 3.05) is 13.7 Å². The van der Waals surface area contributed by atoms with Crippen LogP contribution < -0.4 is 5.32 Å². The molecule has 27 heavy (non-hydrogen) atoms. The highest BCUT2D eigenvalue weighted by atomic mass is 32.2. The van der Waals surface area contributed by atoms with Gasteiger partial charge in [0.15, 0.2) is 11.5 Å². The van der Waals surface area contributed by atoms with E-state index in [2.05, 4.69) is 20.6 Å². The summed E-state index contributed by atoms with van der Waals surface area (Å²) >= 11 is 1.30. The fourth-order valence-corrected chi connectivity index (χ4v) is 3.24. The Labute approximate surface area is 160 Å². The van der Waals surface area contributed by atoms with Crippen LogP contribution in [0, 0.1) is 0 Å². The van der Waals surface area contributed by atoms with E-state index in [0.717, 1.165) is 0 Å². The number of amides is 1. The first kappa shape index (κ1) is 18.8. The number of hydrogen-bond acceptors (Lipinski definition) is 7. The summed E-state index contributed by atoms with van der Waals surface area (Å²) in [5, 5.41) is 15.8. The van der Waals surface area contributed by atoms with Gasteiger partial charge in [-0.05, 0) is 31.2 Å². The Morgan fingerprint density at radius 1 is 1.19 bits per heavy atom. The molecule has 1 atom stereocenters. The van der Waals surface area contributed by atoms with E-state index < -0.39 is 0 Å². The van der Waals surface area contributed by atoms with Crippen molar-refractivity contribution in [2.45, 2.75) is 23.6 Å². The van der Waals surface area contributed by atoms with Gasteiger partial charge in [0, 0.05) is 18.5 Å². The Kier molecular flexibility index (Phi) is 6.02. The lowest BCUT2D eigenvalue weighted by molar-refractivity contribution is -0.139. The Morgan fingerprint density at radius 2 is 1.96 bits per heavy atom. The number of fused-ring (bicyclic) bond motifs is 1. The monoisotopic (exact) mass is 385 g/mol. The minimum Gasteiger partial charge on any atom is -0.468 e. The van der Waals surface area contributed by atoms with Crippen molar-refractivity contribution in [2.24, 2.45) is 0 Å². The molecular formula is C18H19N5O3S. The number of carbonyl (C=O) groups is 2. The van der Waals surface area contributed by atoms with Crippen LogP contribution in [-0.2, 0) is 16.0 Å². The lowest BCUT2D eigenvalue weighted by Crippen LogP contribution is -2.26. The smallest absolute Gasteiger partial charge is 0.318 e. The van der Waals surface area contributed by atoms with Gasteiger partial charge in [0.25, 0.3) is 5.91 Å². The lowest BCUT2D eigenvalue weighted by Gasteiger charge is -2.08. The molecule has 0 saturated heterocycles. The summed E-state index contributed by atoms with van der Waals surface area (Å²) in [6.07, 6.45) is 0.480. The number of carbonyl (C=O) groups excluding carboxylic acids is 2. The number of aromatic nitrogens is 4. The molecule has 0 aliphatic carbocycles. The number of nitrogens with zero attached hydrogens (tertiary/aromatic N) is 4. The third-order valence-electron chi connectivity index (χ3n) is 3.80. The van der Waals surface area contributed by atoms with Crippen LogP contribution in [0.5, 0.6) is 0 Å². The van der Waals surface area contributed by atoms with Gasteiger partial charge in [-0.15, -0.1) is 10.2 Å². The summed E-state index contributed by atoms with van der Waals surface area (Å²) < 4.78 is 6.36. The zero-order valence-electron chi connectivity index (χ0n) is 15.0. The van der Waals surface area contributed by atoms with Gasteiger partial charge in [-0.2, -0.15) is 9.61 Å². The molecule has 0 spiro atoms. The van der Waals surface area contributed by atoms with E-state index in [4.69, 9.17) is 4.74 Å². The van der Waals surface area contributed by atoms with Gasteiger partial charge in [0.05, 0.1) is 7.11 Å². The number of esters is 1. The van der Waals surface area contributed by atoms with E-state index in [0.29, 0.717) is 35.0 Å². The van der Waals surface area contributed by atoms with E-state index in [9.17, 15) is 9.59 Å². The van der Waals surface area contributed by atoms with Crippen LogP contribution in [0.25, 0.3) is 5.65 Å². The molecule has 0 aliphatic heterocycles. The molecule has 8 nitrogen and oxygen atoms in total. The zero-order valence-corrected chi connectivity index (χ0v) is 15.8. The van der Waals surface area contributed by atoms with Gasteiger partial charge in [-0.3, -0.25) is 9.59 Å². The van der Waals surface area contributed by atoms with E-state index in [1.54, 1.807) is 35.7 Å². The topological polar surface area (TPSA) is 98.5 Å². The number of benzene rings is 1. The van der Waals surface area contributed by atoms with Crippen molar-refractivity contribution >= 4 is 29.3 Å². The van der Waals surface area contributed by atoms with Crippen molar-refractivity contribution in [1.82, 2.24) is 25.1 Å². The maximum absolute atomic E-state index is 12.1. The lowest BCUT2D eigenvalue weighted by atomic mass is 10.2. The molecular weight excluding hydrogens is 366 g/mol. The predicted molar refractivity (Wildman–Crippen MR) is 101 cm³/mol. The van der Waals surface area contributed by atoms with Gasteiger partial charge < -0.3 is 10.1 Å². The van der Waals surface area contributed by atoms with Gasteiger partial charge in [-0.1, -0.05) is 30.0 Å². The summed E-state index contributed by atoms with van der Waals surface area (Å²) in [6.45, 7) is 2.17. The SMILES string of the molecule is COC(=O)[C@@H](C)Sc1ccc2nnc(CCNC(=O)c3ccccc3)n2n1. The minimum atomic E-state index is -0.370. The van der Waals surface area contributed by atoms with Crippen LogP contribution in [0.4, 0.5) is 0 Å². The molecule has 0 unspecified atom stereocenters. The van der Waals surface area contributed by atoms with E-state index in [-0.39, 0.29) is 17.1 Å². The van der Waals surface area contributed by atoms with Crippen LogP contribution in [0.2, 0.25) is 0 Å². The highest BCUT2D eigenvalue weighted by molar-refractivity contribution is 8.00. The summed E-state index contributed by atoms with van der Waals surface area (Å²) in [4.78, 5) is 23.7. The van der Waals surface area contributed by atoms with Crippen LogP contribution >= 0.6 is 11.8 Å². The zero-order chi connectivity index (χ0) is 19.2. The largest absolute Gasteiger partial charge is 0.468 e. The van der Waals surface area contributed by atoms with Gasteiger partial charge >= 0.3 is 5.97 Å². The van der Waals surface area contributed by atoms with E-state index in [1.807, 2.05) is 18.2 Å². The first-order chi connectivity index (χ1) is 13.1. The second-order valence-electron chi connectivity index (χ2n) is 5.71. The third kappa shape index (κ3) is 4.62. The Balaban J connectivity index is 1.65. The van der Waals surface area contributed by atoms with Crippen molar-refractivity contribution in [3.63, 3.8) is 0 Å². The highest BCUT2D eigenvalue weighted by Crippen LogP contribution is 2.22. The highest BCUT2D eigenvalue weighted by Gasteiger charge is 2.16. The quantitative estimate of drug-likeness (QED) is 0.489. The Morgan fingerprint density at radius 3 is 2.70 bits per heavy atom. The van der Waals surface area contributed by atoms with E-state index in [1.165, 1.54) is 18.9 Å². The Bertz CT molecular complexity index is 945. The molecule has 0 aliphatic rings. The molecule has 1 amide bonds. The molecule has 3 aromatic rings. The number of rotatable bonds is 7. The van der Waals surface area contributed by atoms with Gasteiger partial charge in [0.1, 0.15) is 10.3 Å². The molecule has 2 aromatic heterocycles. The number of methoxy groups -OCH3 is 1. The standard InChI is InChI=1S/C18H19N5O3S/c1-12(18(25)26-2)27-16-9-8-14-20-21-15(23(14)22-16)10-11-19-17(24)13-6-4-3-5-7-13/h3-9,12H,10-11H2,1-2H3,(H,19,24)/t12-/m1/s1. The first-order valence-electron chi connectivity index (χ1n) is 8.37. The van der Waals surface area contributed by atoms with Crippen LogP contribution in [0.3, 0.4) is 0 Å². The summed E-state index contributed by atoms with van der Waals surface area (Å²) in [7, 11) is 1.36. The maximum atomic E-state index is 12.1. The number of nitrogens with one attached hydrogen (secondary N) is 1. The molecule has 3 rings (SSSR count). The average Bonchev–Trinajstić information content (AvgIpc) is 3.10. The molecule has 1 aromatic carbocycles. The molecule has 2 heterocycles. The average molecular weight is 385 g/mol. The molecule has 140 valence electrons. The normalized spacial score (nSPS) is 11.9. The molecule has 0 fully saturated rings.